The van der Waals surface area contributed by atoms with E-state index >= 15 is 0 Å². The Hall–Kier alpha value is -2.54. The summed E-state index contributed by atoms with van der Waals surface area (Å²) in [5.41, 5.74) is 1.84. The number of H-pyrrole nitrogens is 1. The Kier molecular flexibility index (Phi) is 4.67. The fourth-order valence-electron chi connectivity index (χ4n) is 3.19. The Morgan fingerprint density at radius 3 is 2.64 bits per heavy atom. The number of nitrogens with zero attached hydrogens (tertiary/aromatic N) is 2. The quantitative estimate of drug-likeness (QED) is 0.849. The molecule has 1 atom stereocenters. The highest BCUT2D eigenvalue weighted by Gasteiger charge is 2.37. The van der Waals surface area contributed by atoms with Gasteiger partial charge in [0.15, 0.2) is 0 Å². The molecule has 0 fully saturated rings. The monoisotopic (exact) mass is 362 g/mol. The standard InChI is InChI=1S/C17H19ClN4O3/c1-10(23)19-7-8-22-14(24)9-13-15(17(25)21(2)20-13)16(22)11-3-5-12(18)6-4-11/h3-6,16,20H,7-9H2,1-2H3,(H,19,23). The van der Waals surface area contributed by atoms with Crippen LogP contribution in [0, 0.1) is 0 Å². The van der Waals surface area contributed by atoms with Crippen LogP contribution in [0.4, 0.5) is 0 Å². The van der Waals surface area contributed by atoms with Gasteiger partial charge in [-0.15, -0.1) is 0 Å². The van der Waals surface area contributed by atoms with Gasteiger partial charge < -0.3 is 10.2 Å². The van der Waals surface area contributed by atoms with Gasteiger partial charge in [-0.3, -0.25) is 24.2 Å². The van der Waals surface area contributed by atoms with Crippen LogP contribution in [0.5, 0.6) is 0 Å². The number of fused-ring (bicyclic) bond motifs is 1. The summed E-state index contributed by atoms with van der Waals surface area (Å²) in [6.07, 6.45) is 0.134. The smallest absolute Gasteiger partial charge is 0.272 e. The highest BCUT2D eigenvalue weighted by atomic mass is 35.5. The zero-order chi connectivity index (χ0) is 18.1. The second-order valence-electron chi connectivity index (χ2n) is 6.07. The molecule has 7 nitrogen and oxygen atoms in total. The predicted molar refractivity (Wildman–Crippen MR) is 93.4 cm³/mol. The van der Waals surface area contributed by atoms with Crippen molar-refractivity contribution >= 4 is 23.4 Å². The average Bonchev–Trinajstić information content (AvgIpc) is 2.83. The van der Waals surface area contributed by atoms with Crippen molar-refractivity contribution in [1.29, 1.82) is 0 Å². The lowest BCUT2D eigenvalue weighted by molar-refractivity contribution is -0.133. The molecule has 2 N–H and O–H groups in total. The molecule has 1 aromatic heterocycles. The first kappa shape index (κ1) is 17.3. The van der Waals surface area contributed by atoms with E-state index in [0.717, 1.165) is 5.56 Å². The molecule has 1 aliphatic rings. The second kappa shape index (κ2) is 6.76. The van der Waals surface area contributed by atoms with E-state index in [0.29, 0.717) is 29.4 Å². The summed E-state index contributed by atoms with van der Waals surface area (Å²) in [6.45, 7) is 2.07. The minimum absolute atomic E-state index is 0.0975. The van der Waals surface area contributed by atoms with Crippen LogP contribution in [-0.4, -0.2) is 39.6 Å². The second-order valence-corrected chi connectivity index (χ2v) is 6.51. The van der Waals surface area contributed by atoms with Gasteiger partial charge in [-0.2, -0.15) is 0 Å². The molecule has 1 aromatic carbocycles. The predicted octanol–water partition coefficient (Wildman–Crippen LogP) is 0.977. The van der Waals surface area contributed by atoms with Crippen molar-refractivity contribution < 1.29 is 9.59 Å². The molecule has 1 unspecified atom stereocenters. The van der Waals surface area contributed by atoms with Gasteiger partial charge in [-0.05, 0) is 17.7 Å². The fourth-order valence-corrected chi connectivity index (χ4v) is 3.32. The Morgan fingerprint density at radius 2 is 2.00 bits per heavy atom. The molecule has 0 saturated carbocycles. The van der Waals surface area contributed by atoms with Crippen molar-refractivity contribution in [3.8, 4) is 0 Å². The van der Waals surface area contributed by atoms with E-state index in [1.807, 2.05) is 12.1 Å². The van der Waals surface area contributed by atoms with Crippen LogP contribution in [0.1, 0.15) is 29.8 Å². The maximum Gasteiger partial charge on any atom is 0.272 e. The molecule has 2 heterocycles. The summed E-state index contributed by atoms with van der Waals surface area (Å²) in [6, 6.07) is 6.59. The van der Waals surface area contributed by atoms with Gasteiger partial charge in [-0.25, -0.2) is 0 Å². The Morgan fingerprint density at radius 1 is 1.32 bits per heavy atom. The summed E-state index contributed by atoms with van der Waals surface area (Å²) in [5.74, 6) is -0.259. The first-order valence-corrected chi connectivity index (χ1v) is 8.33. The molecule has 0 aliphatic carbocycles. The lowest BCUT2D eigenvalue weighted by atomic mass is 9.92. The molecular weight excluding hydrogens is 344 g/mol. The number of aryl methyl sites for hydroxylation is 1. The number of carbonyl (C=O) groups is 2. The molecule has 8 heteroatoms. The van der Waals surface area contributed by atoms with Crippen molar-refractivity contribution in [1.82, 2.24) is 20.0 Å². The largest absolute Gasteiger partial charge is 0.355 e. The minimum Gasteiger partial charge on any atom is -0.355 e. The van der Waals surface area contributed by atoms with Gasteiger partial charge in [0.2, 0.25) is 11.8 Å². The Bertz CT molecular complexity index is 869. The third kappa shape index (κ3) is 3.32. The van der Waals surface area contributed by atoms with Crippen LogP contribution < -0.4 is 10.9 Å². The summed E-state index contributed by atoms with van der Waals surface area (Å²) < 4.78 is 1.39. The molecule has 25 heavy (non-hydrogen) atoms. The van der Waals surface area contributed by atoms with Crippen LogP contribution in [0.15, 0.2) is 29.1 Å². The number of aromatic nitrogens is 2. The topological polar surface area (TPSA) is 87.2 Å². The molecule has 0 bridgehead atoms. The number of benzene rings is 1. The van der Waals surface area contributed by atoms with Crippen LogP contribution in [0.2, 0.25) is 5.02 Å². The molecule has 3 rings (SSSR count). The molecule has 2 aromatic rings. The zero-order valence-electron chi connectivity index (χ0n) is 14.0. The van der Waals surface area contributed by atoms with Crippen LogP contribution >= 0.6 is 11.6 Å². The number of hydrogen-bond acceptors (Lipinski definition) is 3. The van der Waals surface area contributed by atoms with Gasteiger partial charge in [0.1, 0.15) is 0 Å². The van der Waals surface area contributed by atoms with Gasteiger partial charge in [0.05, 0.1) is 23.7 Å². The summed E-state index contributed by atoms with van der Waals surface area (Å²) >= 11 is 5.97. The summed E-state index contributed by atoms with van der Waals surface area (Å²) in [7, 11) is 1.63. The average molecular weight is 363 g/mol. The van der Waals surface area contributed by atoms with Gasteiger partial charge >= 0.3 is 0 Å². The van der Waals surface area contributed by atoms with Crippen molar-refractivity contribution in [3.05, 3.63) is 56.5 Å². The first-order chi connectivity index (χ1) is 11.9. The molecule has 0 spiro atoms. The van der Waals surface area contributed by atoms with Crippen LogP contribution in [-0.2, 0) is 23.1 Å². The van der Waals surface area contributed by atoms with Gasteiger partial charge in [-0.1, -0.05) is 23.7 Å². The van der Waals surface area contributed by atoms with E-state index in [4.69, 9.17) is 11.6 Å². The number of amides is 2. The van der Waals surface area contributed by atoms with Gasteiger partial charge in [0, 0.05) is 32.1 Å². The highest BCUT2D eigenvalue weighted by Crippen LogP contribution is 2.33. The van der Waals surface area contributed by atoms with Crippen LogP contribution in [0.3, 0.4) is 0 Å². The molecule has 2 amide bonds. The number of aromatic amines is 1. The third-order valence-corrected chi connectivity index (χ3v) is 4.56. The molecule has 132 valence electrons. The van der Waals surface area contributed by atoms with E-state index in [9.17, 15) is 14.4 Å². The van der Waals surface area contributed by atoms with Crippen molar-refractivity contribution in [3.63, 3.8) is 0 Å². The lowest BCUT2D eigenvalue weighted by Crippen LogP contribution is -2.45. The normalized spacial score (nSPS) is 16.7. The van der Waals surface area contributed by atoms with E-state index in [1.54, 1.807) is 24.1 Å². The Labute approximate surface area is 149 Å². The third-order valence-electron chi connectivity index (χ3n) is 4.31. The van der Waals surface area contributed by atoms with Gasteiger partial charge in [0.25, 0.3) is 5.56 Å². The number of halogens is 1. The van der Waals surface area contributed by atoms with Crippen molar-refractivity contribution in [2.75, 3.05) is 13.1 Å². The fraction of sp³-hybridized carbons (Fsp3) is 0.353. The van der Waals surface area contributed by atoms with E-state index in [-0.39, 0.29) is 23.8 Å². The van der Waals surface area contributed by atoms with E-state index in [1.165, 1.54) is 11.6 Å². The number of carbonyl (C=O) groups excluding carboxylic acids is 2. The molecule has 0 radical (unpaired) electrons. The zero-order valence-corrected chi connectivity index (χ0v) is 14.8. The number of hydrogen-bond donors (Lipinski definition) is 2. The highest BCUT2D eigenvalue weighted by molar-refractivity contribution is 6.30. The summed E-state index contributed by atoms with van der Waals surface area (Å²) in [4.78, 5) is 38.0. The van der Waals surface area contributed by atoms with E-state index in [2.05, 4.69) is 10.4 Å². The minimum atomic E-state index is -0.507. The van der Waals surface area contributed by atoms with E-state index < -0.39 is 6.04 Å². The first-order valence-electron chi connectivity index (χ1n) is 7.95. The van der Waals surface area contributed by atoms with Crippen LogP contribution in [0.25, 0.3) is 0 Å². The maximum absolute atomic E-state index is 12.7. The number of nitrogens with one attached hydrogen (secondary N) is 2. The lowest BCUT2D eigenvalue weighted by Gasteiger charge is -2.35. The summed E-state index contributed by atoms with van der Waals surface area (Å²) in [5, 5.41) is 6.24. The Balaban J connectivity index is 2.04. The van der Waals surface area contributed by atoms with Crippen molar-refractivity contribution in [2.45, 2.75) is 19.4 Å². The molecule has 1 aliphatic heterocycles. The maximum atomic E-state index is 12.7. The number of rotatable bonds is 4. The molecule has 0 saturated heterocycles. The van der Waals surface area contributed by atoms with Crippen molar-refractivity contribution in [2.24, 2.45) is 7.05 Å². The molecular formula is C17H19ClN4O3. The SMILES string of the molecule is CC(=O)NCCN1C(=O)Cc2[nH]n(C)c(=O)c2C1c1ccc(Cl)cc1.